The first kappa shape index (κ1) is 36.6. The minimum absolute atomic E-state index is 0.110. The molecule has 0 unspecified atom stereocenters. The van der Waals surface area contributed by atoms with E-state index >= 15 is 9.59 Å². The van der Waals surface area contributed by atoms with Crippen LogP contribution in [0, 0.1) is 23.7 Å². The van der Waals surface area contributed by atoms with Crippen LogP contribution in [0.1, 0.15) is 29.9 Å². The molecule has 5 aromatic carbocycles. The Morgan fingerprint density at radius 1 is 0.763 bits per heavy atom. The molecule has 59 heavy (non-hydrogen) atoms. The van der Waals surface area contributed by atoms with Crippen LogP contribution < -0.4 is 19.3 Å². The molecule has 1 saturated carbocycles. The summed E-state index contributed by atoms with van der Waals surface area (Å²) in [6, 6.07) is 33.6. The SMILES string of the molecule is COc1cc([C@H]2C3=CC[C@@H]4C(=O)N(c5ccc(-c6nc7ccccc7o6)cc5)C(=O)[C@@H]4[C@@H]3C[C@H]3C(=O)N(c4cccc(Cl)c4)C(=O)[C@@]23c2ccccc2)cc(OC)c1O. The standard InChI is InChI=1S/C47H36ClN3O8/c1-57-37-21-26(22-38(58-2)41(37)52)40-31-19-20-32-39(45(55)50(43(32)53)29-17-15-25(16-18-29)42-49-35-13-6-7-14-36(35)59-42)33(31)24-34-44(54)51(30-12-8-11-28(48)23-30)46(56)47(34,40)27-9-4-3-5-10-27/h3-19,21-23,32-34,39-40,52H,20,24H2,1-2H3/t32-,33+,34-,39-,40-,47+/m0/s1. The average Bonchev–Trinajstić information content (AvgIpc) is 3.88. The van der Waals surface area contributed by atoms with Gasteiger partial charge in [-0.1, -0.05) is 71.8 Å². The van der Waals surface area contributed by atoms with Gasteiger partial charge in [-0.3, -0.25) is 24.1 Å². The Hall–Kier alpha value is -6.72. The zero-order chi connectivity index (χ0) is 40.7. The molecule has 3 heterocycles. The molecule has 1 aromatic heterocycles. The summed E-state index contributed by atoms with van der Waals surface area (Å²) in [5.41, 5.74) is 3.17. The van der Waals surface area contributed by atoms with Gasteiger partial charge in [0.1, 0.15) is 5.52 Å². The molecule has 2 saturated heterocycles. The smallest absolute Gasteiger partial charge is 0.246 e. The number of anilines is 2. The van der Waals surface area contributed by atoms with E-state index in [0.717, 1.165) is 5.57 Å². The maximum Gasteiger partial charge on any atom is 0.246 e. The van der Waals surface area contributed by atoms with Crippen molar-refractivity contribution in [2.45, 2.75) is 24.2 Å². The van der Waals surface area contributed by atoms with Crippen molar-refractivity contribution in [3.8, 4) is 28.7 Å². The quantitative estimate of drug-likeness (QED) is 0.125. The molecule has 294 valence electrons. The number of carbonyl (C=O) groups is 4. The number of hydrogen-bond donors (Lipinski definition) is 1. The second-order valence-corrected chi connectivity index (χ2v) is 15.8. The zero-order valence-electron chi connectivity index (χ0n) is 31.9. The predicted octanol–water partition coefficient (Wildman–Crippen LogP) is 8.24. The second-order valence-electron chi connectivity index (χ2n) is 15.4. The van der Waals surface area contributed by atoms with E-state index in [2.05, 4.69) is 4.98 Å². The van der Waals surface area contributed by atoms with Crippen molar-refractivity contribution in [2.75, 3.05) is 24.0 Å². The third-order valence-electron chi connectivity index (χ3n) is 12.7. The lowest BCUT2D eigenvalue weighted by molar-refractivity contribution is -0.127. The van der Waals surface area contributed by atoms with Crippen LogP contribution in [0.25, 0.3) is 22.6 Å². The van der Waals surface area contributed by atoms with Crippen LogP contribution >= 0.6 is 11.6 Å². The van der Waals surface area contributed by atoms with Gasteiger partial charge in [0.25, 0.3) is 0 Å². The Morgan fingerprint density at radius 3 is 2.17 bits per heavy atom. The number of phenols is 1. The van der Waals surface area contributed by atoms with E-state index in [1.165, 1.54) is 24.0 Å². The maximum atomic E-state index is 15.6. The molecule has 6 atom stereocenters. The van der Waals surface area contributed by atoms with Crippen molar-refractivity contribution in [3.63, 3.8) is 0 Å². The first-order valence-electron chi connectivity index (χ1n) is 19.3. The van der Waals surface area contributed by atoms with Crippen LogP contribution in [0.3, 0.4) is 0 Å². The average molecular weight is 806 g/mol. The highest BCUT2D eigenvalue weighted by Crippen LogP contribution is 2.65. The van der Waals surface area contributed by atoms with E-state index in [1.807, 2.05) is 60.7 Å². The Bertz CT molecular complexity index is 2710. The summed E-state index contributed by atoms with van der Waals surface area (Å²) in [6.45, 7) is 0. The van der Waals surface area contributed by atoms with Gasteiger partial charge < -0.3 is 19.0 Å². The predicted molar refractivity (Wildman–Crippen MR) is 219 cm³/mol. The van der Waals surface area contributed by atoms with E-state index < -0.39 is 46.8 Å². The van der Waals surface area contributed by atoms with E-state index in [0.29, 0.717) is 50.1 Å². The highest BCUT2D eigenvalue weighted by atomic mass is 35.5. The minimum atomic E-state index is -1.52. The number of oxazole rings is 1. The van der Waals surface area contributed by atoms with Gasteiger partial charge >= 0.3 is 0 Å². The molecule has 0 spiro atoms. The number of hydrogen-bond acceptors (Lipinski definition) is 9. The fraction of sp³-hybridized carbons (Fsp3) is 0.213. The topological polar surface area (TPSA) is 139 Å². The molecule has 1 N–H and O–H groups in total. The lowest BCUT2D eigenvalue weighted by Crippen LogP contribution is -2.53. The van der Waals surface area contributed by atoms with Crippen molar-refractivity contribution in [1.82, 2.24) is 4.98 Å². The summed E-state index contributed by atoms with van der Waals surface area (Å²) in [6.07, 6.45) is 2.33. The van der Waals surface area contributed by atoms with Crippen molar-refractivity contribution >= 4 is 57.7 Å². The van der Waals surface area contributed by atoms with Gasteiger partial charge in [0.15, 0.2) is 17.1 Å². The number of aromatic hydroxyl groups is 1. The fourth-order valence-corrected chi connectivity index (χ4v) is 10.4. The van der Waals surface area contributed by atoms with Crippen LogP contribution in [0.4, 0.5) is 11.4 Å². The number of benzene rings is 5. The molecule has 0 radical (unpaired) electrons. The molecule has 10 rings (SSSR count). The Balaban J connectivity index is 1.12. The molecule has 4 aliphatic rings. The van der Waals surface area contributed by atoms with Crippen molar-refractivity contribution in [1.29, 1.82) is 0 Å². The molecule has 12 heteroatoms. The summed E-state index contributed by atoms with van der Waals surface area (Å²) < 4.78 is 17.2. The number of methoxy groups -OCH3 is 2. The molecule has 3 fully saturated rings. The monoisotopic (exact) mass is 805 g/mol. The number of imide groups is 2. The number of allylic oxidation sites excluding steroid dienone is 2. The lowest BCUT2D eigenvalue weighted by Gasteiger charge is -2.50. The molecule has 11 nitrogen and oxygen atoms in total. The van der Waals surface area contributed by atoms with E-state index in [4.69, 9.17) is 25.5 Å². The van der Waals surface area contributed by atoms with Gasteiger partial charge in [-0.25, -0.2) is 9.88 Å². The number of amides is 4. The second kappa shape index (κ2) is 13.7. The first-order chi connectivity index (χ1) is 28.6. The first-order valence-corrected chi connectivity index (χ1v) is 19.7. The normalized spacial score (nSPS) is 24.9. The van der Waals surface area contributed by atoms with Crippen molar-refractivity contribution < 1.29 is 38.2 Å². The van der Waals surface area contributed by atoms with Gasteiger partial charge in [0, 0.05) is 16.5 Å². The molecule has 2 aliphatic carbocycles. The van der Waals surface area contributed by atoms with Gasteiger partial charge in [0.05, 0.1) is 48.8 Å². The van der Waals surface area contributed by atoms with Gasteiger partial charge in [-0.05, 0) is 96.6 Å². The van der Waals surface area contributed by atoms with Gasteiger partial charge in [-0.15, -0.1) is 0 Å². The minimum Gasteiger partial charge on any atom is -0.502 e. The largest absolute Gasteiger partial charge is 0.502 e. The molecule has 6 aromatic rings. The zero-order valence-corrected chi connectivity index (χ0v) is 32.6. The number of phenolic OH excluding ortho intramolecular Hbond substituents is 1. The Kier molecular flexibility index (Phi) is 8.50. The number of halogens is 1. The van der Waals surface area contributed by atoms with E-state index in [-0.39, 0.29) is 41.9 Å². The number of carbonyl (C=O) groups excluding carboxylic acids is 4. The van der Waals surface area contributed by atoms with Gasteiger partial charge in [0.2, 0.25) is 35.3 Å². The van der Waals surface area contributed by atoms with Crippen molar-refractivity contribution in [3.05, 3.63) is 143 Å². The van der Waals surface area contributed by atoms with Crippen LogP contribution in [0.15, 0.2) is 131 Å². The van der Waals surface area contributed by atoms with Crippen LogP contribution in [0.5, 0.6) is 17.2 Å². The third kappa shape index (κ3) is 5.30. The maximum absolute atomic E-state index is 15.6. The number of fused-ring (bicyclic) bond motifs is 5. The third-order valence-corrected chi connectivity index (χ3v) is 12.9. The number of nitrogens with zero attached hydrogens (tertiary/aromatic N) is 3. The van der Waals surface area contributed by atoms with E-state index in [1.54, 1.807) is 60.7 Å². The Morgan fingerprint density at radius 2 is 1.47 bits per heavy atom. The molecular weight excluding hydrogens is 770 g/mol. The van der Waals surface area contributed by atoms with Crippen LogP contribution in [-0.2, 0) is 24.6 Å². The highest BCUT2D eigenvalue weighted by Gasteiger charge is 2.70. The summed E-state index contributed by atoms with van der Waals surface area (Å²) in [4.78, 5) is 67.0. The summed E-state index contributed by atoms with van der Waals surface area (Å²) in [7, 11) is 2.84. The van der Waals surface area contributed by atoms with Crippen LogP contribution in [-0.4, -0.2) is 47.9 Å². The number of aromatic nitrogens is 1. The fourth-order valence-electron chi connectivity index (χ4n) is 10.2. The molecule has 0 bridgehead atoms. The number of ether oxygens (including phenoxy) is 2. The van der Waals surface area contributed by atoms with E-state index in [9.17, 15) is 14.7 Å². The number of para-hydroxylation sites is 2. The summed E-state index contributed by atoms with van der Waals surface area (Å²) in [5.74, 6) is -5.13. The molecule has 2 aliphatic heterocycles. The Labute approximate surface area is 343 Å². The summed E-state index contributed by atoms with van der Waals surface area (Å²) in [5, 5.41) is 11.4. The molecular formula is C47H36ClN3O8. The lowest BCUT2D eigenvalue weighted by atomic mass is 9.49. The van der Waals surface area contributed by atoms with Gasteiger partial charge in [-0.2, -0.15) is 0 Å². The summed E-state index contributed by atoms with van der Waals surface area (Å²) >= 11 is 6.45. The number of rotatable bonds is 7. The van der Waals surface area contributed by atoms with Crippen LogP contribution in [0.2, 0.25) is 5.02 Å². The molecule has 4 amide bonds. The highest BCUT2D eigenvalue weighted by molar-refractivity contribution is 6.32. The van der Waals surface area contributed by atoms with Crippen molar-refractivity contribution in [2.24, 2.45) is 23.7 Å².